The molecule has 0 saturated carbocycles. The number of fused-ring (bicyclic) bond motifs is 1. The molecule has 1 heterocycles. The molecular formula is C12H17NO2S. The second-order valence-electron chi connectivity index (χ2n) is 4.70. The van der Waals surface area contributed by atoms with Crippen molar-refractivity contribution in [3.05, 3.63) is 29.8 Å². The first kappa shape index (κ1) is 11.5. The second-order valence-corrected chi connectivity index (χ2v) is 6.61. The van der Waals surface area contributed by atoms with Gasteiger partial charge >= 0.3 is 0 Å². The highest BCUT2D eigenvalue weighted by atomic mass is 32.2. The summed E-state index contributed by atoms with van der Waals surface area (Å²) >= 11 is 0. The number of anilines is 1. The molecule has 2 rings (SSSR count). The van der Waals surface area contributed by atoms with Gasteiger partial charge in [0.25, 0.3) is 0 Å². The molecule has 1 unspecified atom stereocenters. The summed E-state index contributed by atoms with van der Waals surface area (Å²) in [5.74, 6) is 0.763. The Balaban J connectivity index is 2.52. The summed E-state index contributed by atoms with van der Waals surface area (Å²) in [6.07, 6.45) is 1.27. The molecule has 3 nitrogen and oxygen atoms in total. The maximum atomic E-state index is 11.7. The molecule has 0 amide bonds. The van der Waals surface area contributed by atoms with Gasteiger partial charge < -0.3 is 0 Å². The van der Waals surface area contributed by atoms with Gasteiger partial charge in [0.2, 0.25) is 10.0 Å². The number of sulfonamides is 1. The maximum Gasteiger partial charge on any atom is 0.232 e. The highest BCUT2D eigenvalue weighted by Crippen LogP contribution is 2.40. The summed E-state index contributed by atoms with van der Waals surface area (Å²) in [6, 6.07) is 7.78. The Kier molecular flexibility index (Phi) is 2.70. The molecule has 0 saturated heterocycles. The van der Waals surface area contributed by atoms with Crippen molar-refractivity contribution in [3.63, 3.8) is 0 Å². The number of para-hydroxylation sites is 1. The van der Waals surface area contributed by atoms with E-state index in [0.717, 1.165) is 11.3 Å². The zero-order chi connectivity index (χ0) is 11.9. The lowest BCUT2D eigenvalue weighted by Gasteiger charge is -2.18. The average Bonchev–Trinajstić information content (AvgIpc) is 2.56. The summed E-state index contributed by atoms with van der Waals surface area (Å²) in [7, 11) is -3.15. The topological polar surface area (TPSA) is 37.4 Å². The SMILES string of the molecule is CC(C)C1CN(S(C)(=O)=O)c2ccccc21. The van der Waals surface area contributed by atoms with E-state index >= 15 is 0 Å². The summed E-state index contributed by atoms with van der Waals surface area (Å²) in [4.78, 5) is 0. The van der Waals surface area contributed by atoms with Crippen LogP contribution in [-0.2, 0) is 10.0 Å². The molecule has 0 radical (unpaired) electrons. The highest BCUT2D eigenvalue weighted by molar-refractivity contribution is 7.92. The lowest BCUT2D eigenvalue weighted by Crippen LogP contribution is -2.29. The fourth-order valence-corrected chi connectivity index (χ4v) is 3.24. The third-order valence-electron chi connectivity index (χ3n) is 3.17. The predicted molar refractivity (Wildman–Crippen MR) is 66.2 cm³/mol. The second kappa shape index (κ2) is 3.77. The van der Waals surface area contributed by atoms with Crippen molar-refractivity contribution in [1.29, 1.82) is 0 Å². The van der Waals surface area contributed by atoms with Gasteiger partial charge in [-0.25, -0.2) is 8.42 Å². The molecule has 0 spiro atoms. The molecule has 0 N–H and O–H groups in total. The fraction of sp³-hybridized carbons (Fsp3) is 0.500. The van der Waals surface area contributed by atoms with Gasteiger partial charge in [0.15, 0.2) is 0 Å². The molecule has 1 aliphatic rings. The first-order chi connectivity index (χ1) is 7.41. The zero-order valence-electron chi connectivity index (χ0n) is 9.84. The first-order valence-electron chi connectivity index (χ1n) is 5.48. The molecule has 16 heavy (non-hydrogen) atoms. The van der Waals surface area contributed by atoms with E-state index in [0.29, 0.717) is 18.4 Å². The Morgan fingerprint density at radius 1 is 1.31 bits per heavy atom. The average molecular weight is 239 g/mol. The van der Waals surface area contributed by atoms with Crippen LogP contribution < -0.4 is 4.31 Å². The van der Waals surface area contributed by atoms with E-state index in [9.17, 15) is 8.42 Å². The number of hydrogen-bond acceptors (Lipinski definition) is 2. The summed E-state index contributed by atoms with van der Waals surface area (Å²) in [5.41, 5.74) is 2.01. The molecule has 0 aliphatic carbocycles. The summed E-state index contributed by atoms with van der Waals surface area (Å²) in [6.45, 7) is 4.84. The van der Waals surface area contributed by atoms with Crippen LogP contribution in [0.2, 0.25) is 0 Å². The Morgan fingerprint density at radius 2 is 1.94 bits per heavy atom. The lowest BCUT2D eigenvalue weighted by molar-refractivity contribution is 0.522. The smallest absolute Gasteiger partial charge is 0.232 e. The van der Waals surface area contributed by atoms with Gasteiger partial charge in [0, 0.05) is 12.5 Å². The maximum absolute atomic E-state index is 11.7. The fourth-order valence-electron chi connectivity index (χ4n) is 2.29. The van der Waals surface area contributed by atoms with E-state index in [1.165, 1.54) is 10.6 Å². The van der Waals surface area contributed by atoms with Crippen LogP contribution in [0.1, 0.15) is 25.3 Å². The number of rotatable bonds is 2. The zero-order valence-corrected chi connectivity index (χ0v) is 10.7. The van der Waals surface area contributed by atoms with Crippen LogP contribution in [0.5, 0.6) is 0 Å². The standard InChI is InChI=1S/C12H17NO2S/c1-9(2)11-8-13(16(3,14)15)12-7-5-4-6-10(11)12/h4-7,9,11H,8H2,1-3H3. The van der Waals surface area contributed by atoms with Crippen molar-refractivity contribution < 1.29 is 8.42 Å². The first-order valence-corrected chi connectivity index (χ1v) is 7.32. The number of hydrogen-bond donors (Lipinski definition) is 0. The molecule has 0 bridgehead atoms. The Labute approximate surface area is 97.1 Å². The van der Waals surface area contributed by atoms with Gasteiger partial charge in [-0.2, -0.15) is 0 Å². The van der Waals surface area contributed by atoms with Gasteiger partial charge in [-0.1, -0.05) is 32.0 Å². The van der Waals surface area contributed by atoms with Gasteiger partial charge in [-0.3, -0.25) is 4.31 Å². The molecule has 88 valence electrons. The number of benzene rings is 1. The van der Waals surface area contributed by atoms with Gasteiger partial charge in [-0.15, -0.1) is 0 Å². The van der Waals surface area contributed by atoms with Crippen molar-refractivity contribution in [2.75, 3.05) is 17.1 Å². The van der Waals surface area contributed by atoms with Crippen LogP contribution in [0.25, 0.3) is 0 Å². The van der Waals surface area contributed by atoms with Crippen LogP contribution in [0.4, 0.5) is 5.69 Å². The van der Waals surface area contributed by atoms with Crippen molar-refractivity contribution in [1.82, 2.24) is 0 Å². The normalized spacial score (nSPS) is 20.2. The van der Waals surface area contributed by atoms with Crippen molar-refractivity contribution in [2.24, 2.45) is 5.92 Å². The minimum atomic E-state index is -3.15. The Morgan fingerprint density at radius 3 is 2.50 bits per heavy atom. The quantitative estimate of drug-likeness (QED) is 0.793. The largest absolute Gasteiger partial charge is 0.270 e. The van der Waals surface area contributed by atoms with Gasteiger partial charge in [0.1, 0.15) is 0 Å². The highest BCUT2D eigenvalue weighted by Gasteiger charge is 2.34. The van der Waals surface area contributed by atoms with Crippen LogP contribution in [-0.4, -0.2) is 21.2 Å². The van der Waals surface area contributed by atoms with Crippen molar-refractivity contribution in [3.8, 4) is 0 Å². The molecule has 0 aromatic heterocycles. The minimum absolute atomic E-state index is 0.311. The summed E-state index contributed by atoms with van der Waals surface area (Å²) < 4.78 is 24.9. The summed E-state index contributed by atoms with van der Waals surface area (Å²) in [5, 5.41) is 0. The van der Waals surface area contributed by atoms with Gasteiger partial charge in [0.05, 0.1) is 11.9 Å². The van der Waals surface area contributed by atoms with Crippen molar-refractivity contribution >= 4 is 15.7 Å². The van der Waals surface area contributed by atoms with E-state index in [2.05, 4.69) is 13.8 Å². The molecule has 0 fully saturated rings. The molecule has 1 aromatic carbocycles. The minimum Gasteiger partial charge on any atom is -0.270 e. The molecule has 4 heteroatoms. The predicted octanol–water partition coefficient (Wildman–Crippen LogP) is 2.21. The lowest BCUT2D eigenvalue weighted by atomic mass is 9.90. The third-order valence-corrected chi connectivity index (χ3v) is 4.32. The van der Waals surface area contributed by atoms with E-state index in [4.69, 9.17) is 0 Å². The van der Waals surface area contributed by atoms with Crippen LogP contribution in [0.15, 0.2) is 24.3 Å². The van der Waals surface area contributed by atoms with Crippen molar-refractivity contribution in [2.45, 2.75) is 19.8 Å². The monoisotopic (exact) mass is 239 g/mol. The molecular weight excluding hydrogens is 222 g/mol. The van der Waals surface area contributed by atoms with Crippen LogP contribution in [0.3, 0.4) is 0 Å². The van der Waals surface area contributed by atoms with E-state index in [1.54, 1.807) is 0 Å². The van der Waals surface area contributed by atoms with E-state index in [1.807, 2.05) is 24.3 Å². The van der Waals surface area contributed by atoms with E-state index < -0.39 is 10.0 Å². The Bertz CT molecular complexity index is 493. The van der Waals surface area contributed by atoms with Crippen LogP contribution >= 0.6 is 0 Å². The van der Waals surface area contributed by atoms with E-state index in [-0.39, 0.29) is 0 Å². The number of nitrogens with zero attached hydrogens (tertiary/aromatic N) is 1. The molecule has 1 aliphatic heterocycles. The van der Waals surface area contributed by atoms with Gasteiger partial charge in [-0.05, 0) is 17.5 Å². The Hall–Kier alpha value is -1.03. The molecule has 1 atom stereocenters. The molecule has 1 aromatic rings. The van der Waals surface area contributed by atoms with Crippen LogP contribution in [0, 0.1) is 5.92 Å². The third kappa shape index (κ3) is 1.82.